The highest BCUT2D eigenvalue weighted by molar-refractivity contribution is 9.10. The molecule has 0 amide bonds. The van der Waals surface area contributed by atoms with Gasteiger partial charge < -0.3 is 20.6 Å². The van der Waals surface area contributed by atoms with Crippen LogP contribution in [-0.4, -0.2) is 56.7 Å². The maximum atomic E-state index is 12.0. The van der Waals surface area contributed by atoms with Gasteiger partial charge in [-0.15, -0.1) is 0 Å². The summed E-state index contributed by atoms with van der Waals surface area (Å²) in [7, 11) is -1.78. The molecule has 0 spiro atoms. The molecule has 12 heteroatoms. The molecule has 1 saturated heterocycles. The van der Waals surface area contributed by atoms with Crippen molar-refractivity contribution in [3.63, 3.8) is 0 Å². The average molecular weight is 616 g/mol. The third-order valence-corrected chi connectivity index (χ3v) is 8.41. The number of nitrogens with two attached hydrogens (primary N) is 1. The second-order valence-corrected chi connectivity index (χ2v) is 11.8. The summed E-state index contributed by atoms with van der Waals surface area (Å²) in [4.78, 5) is 7.15. The molecule has 2 heterocycles. The lowest BCUT2D eigenvalue weighted by molar-refractivity contribution is -0.641. The highest BCUT2D eigenvalue weighted by atomic mass is 79.9. The molecule has 0 radical (unpaired) electrons. The van der Waals surface area contributed by atoms with Crippen molar-refractivity contribution in [2.75, 3.05) is 39.0 Å². The topological polar surface area (TPSA) is 137 Å². The van der Waals surface area contributed by atoms with E-state index in [-0.39, 0.29) is 5.95 Å². The fourth-order valence-electron chi connectivity index (χ4n) is 4.39. The van der Waals surface area contributed by atoms with Crippen LogP contribution in [0.1, 0.15) is 18.4 Å². The average Bonchev–Trinajstić information content (AvgIpc) is 3.42. The fraction of sp³-hybridized carbons (Fsp3) is 0.296. The number of nitrogen functional groups attached to an aromatic ring is 1. The molecule has 206 valence electrons. The van der Waals surface area contributed by atoms with Crippen molar-refractivity contribution in [2.45, 2.75) is 24.7 Å². The lowest BCUT2D eigenvalue weighted by Crippen LogP contribution is -2.33. The van der Waals surface area contributed by atoms with Crippen molar-refractivity contribution in [2.24, 2.45) is 0 Å². The predicted octanol–water partition coefficient (Wildman–Crippen LogP) is 3.65. The highest BCUT2D eigenvalue weighted by Gasteiger charge is 2.17. The van der Waals surface area contributed by atoms with Gasteiger partial charge in [0.05, 0.1) is 17.1 Å². The van der Waals surface area contributed by atoms with Gasteiger partial charge in [-0.1, -0.05) is 40.2 Å². The second kappa shape index (κ2) is 12.7. The molecule has 5 rings (SSSR count). The third kappa shape index (κ3) is 7.21. The Bertz CT molecular complexity index is 1540. The van der Waals surface area contributed by atoms with E-state index in [1.54, 1.807) is 43.5 Å². The van der Waals surface area contributed by atoms with Crippen LogP contribution in [0.25, 0.3) is 22.2 Å². The molecule has 3 N–H and O–H groups in total. The molecular weight excluding hydrogens is 584 g/mol. The number of sulfonamides is 1. The first-order valence-corrected chi connectivity index (χ1v) is 14.7. The molecule has 1 aromatic heterocycles. The first-order chi connectivity index (χ1) is 18.7. The maximum absolute atomic E-state index is 12.0. The summed E-state index contributed by atoms with van der Waals surface area (Å²) in [6, 6.07) is 18.0. The van der Waals surface area contributed by atoms with Crippen LogP contribution in [0.4, 0.5) is 5.95 Å². The molecule has 1 aliphatic rings. The summed E-state index contributed by atoms with van der Waals surface area (Å²) >= 11 is 3.29. The van der Waals surface area contributed by atoms with Crippen LogP contribution in [0.3, 0.4) is 0 Å². The Hall–Kier alpha value is -3.32. The number of hydrogen-bond acceptors (Lipinski definition) is 8. The quantitative estimate of drug-likeness (QED) is 0.238. The van der Waals surface area contributed by atoms with Gasteiger partial charge >= 0.3 is 0 Å². The Morgan fingerprint density at radius 3 is 2.46 bits per heavy atom. The van der Waals surface area contributed by atoms with Crippen molar-refractivity contribution in [3.05, 3.63) is 75.9 Å². The molecule has 1 aliphatic heterocycles. The van der Waals surface area contributed by atoms with Crippen LogP contribution < -0.4 is 20.0 Å². The van der Waals surface area contributed by atoms with Crippen LogP contribution in [0.15, 0.2) is 70.0 Å². The smallest absolute Gasteiger partial charge is 0.288 e. The van der Waals surface area contributed by atoms with Crippen LogP contribution >= 0.6 is 15.9 Å². The first-order valence-electron chi connectivity index (χ1n) is 12.5. The van der Waals surface area contributed by atoms with E-state index < -0.39 is 10.0 Å². The number of benzene rings is 3. The SMILES string of the molecule is COc1cc2nc(N)n[n+]([O-])c2cc1-c1ccccc1C.O=S(=O)(NCCN1CCCC1)c1ccc(Br)cc1. The number of ether oxygens (including phenoxy) is 1. The molecule has 10 nitrogen and oxygen atoms in total. The molecule has 0 aliphatic carbocycles. The van der Waals surface area contributed by atoms with Crippen molar-refractivity contribution in [3.8, 4) is 16.9 Å². The van der Waals surface area contributed by atoms with Crippen molar-refractivity contribution < 1.29 is 18.0 Å². The van der Waals surface area contributed by atoms with Gasteiger partial charge in [0.2, 0.25) is 10.0 Å². The Labute approximate surface area is 236 Å². The van der Waals surface area contributed by atoms with Gasteiger partial charge in [-0.2, -0.15) is 0 Å². The van der Waals surface area contributed by atoms with Gasteiger partial charge in [0.15, 0.2) is 0 Å². The number of fused-ring (bicyclic) bond motifs is 1. The fourth-order valence-corrected chi connectivity index (χ4v) is 5.67. The molecule has 3 aromatic carbocycles. The molecule has 4 aromatic rings. The number of nitrogens with one attached hydrogen (secondary N) is 1. The molecular formula is C27H31BrN6O4S. The largest absolute Gasteiger partial charge is 0.594 e. The Morgan fingerprint density at radius 1 is 1.10 bits per heavy atom. The van der Waals surface area contributed by atoms with Gasteiger partial charge in [0.1, 0.15) is 11.3 Å². The molecule has 0 unspecified atom stereocenters. The number of rotatable bonds is 7. The molecule has 0 bridgehead atoms. The third-order valence-electron chi connectivity index (χ3n) is 6.41. The van der Waals surface area contributed by atoms with Gasteiger partial charge in [-0.25, -0.2) is 18.1 Å². The summed E-state index contributed by atoms with van der Waals surface area (Å²) < 4.78 is 32.9. The van der Waals surface area contributed by atoms with Crippen LogP contribution in [0.5, 0.6) is 5.75 Å². The monoisotopic (exact) mass is 614 g/mol. The zero-order valence-electron chi connectivity index (χ0n) is 21.8. The Balaban J connectivity index is 0.000000183. The maximum Gasteiger partial charge on any atom is 0.288 e. The zero-order valence-corrected chi connectivity index (χ0v) is 24.2. The van der Waals surface area contributed by atoms with E-state index in [1.165, 1.54) is 12.8 Å². The van der Waals surface area contributed by atoms with Crippen LogP contribution in [0, 0.1) is 12.1 Å². The highest BCUT2D eigenvalue weighted by Crippen LogP contribution is 2.34. The van der Waals surface area contributed by atoms with Gasteiger partial charge in [-0.3, -0.25) is 0 Å². The molecule has 1 fully saturated rings. The van der Waals surface area contributed by atoms with Crippen molar-refractivity contribution in [1.29, 1.82) is 0 Å². The predicted molar refractivity (Wildman–Crippen MR) is 155 cm³/mol. The van der Waals surface area contributed by atoms with E-state index >= 15 is 0 Å². The Morgan fingerprint density at radius 2 is 1.79 bits per heavy atom. The normalized spacial score (nSPS) is 13.7. The minimum atomic E-state index is -3.37. The number of likely N-dealkylation sites (tertiary alicyclic amines) is 1. The van der Waals surface area contributed by atoms with E-state index in [1.807, 2.05) is 31.2 Å². The summed E-state index contributed by atoms with van der Waals surface area (Å²) in [6.07, 6.45) is 2.44. The van der Waals surface area contributed by atoms with E-state index in [4.69, 9.17) is 10.5 Å². The summed E-state index contributed by atoms with van der Waals surface area (Å²) in [6.45, 7) is 5.43. The lowest BCUT2D eigenvalue weighted by Gasteiger charge is -2.14. The molecule has 0 atom stereocenters. The zero-order chi connectivity index (χ0) is 28.0. The van der Waals surface area contributed by atoms with E-state index in [0.717, 1.165) is 40.8 Å². The number of methoxy groups -OCH3 is 1. The van der Waals surface area contributed by atoms with E-state index in [0.29, 0.717) is 33.1 Å². The number of hydrogen-bond donors (Lipinski definition) is 2. The molecule has 39 heavy (non-hydrogen) atoms. The van der Waals surface area contributed by atoms with Crippen molar-refractivity contribution >= 4 is 42.9 Å². The number of anilines is 1. The minimum absolute atomic E-state index is 0.0665. The lowest BCUT2D eigenvalue weighted by atomic mass is 9.99. The summed E-state index contributed by atoms with van der Waals surface area (Å²) in [5.74, 6) is 0.568. The van der Waals surface area contributed by atoms with E-state index in [2.05, 4.69) is 35.6 Å². The van der Waals surface area contributed by atoms with E-state index in [9.17, 15) is 13.6 Å². The summed E-state index contributed by atoms with van der Waals surface area (Å²) in [5.41, 5.74) is 9.21. The minimum Gasteiger partial charge on any atom is -0.594 e. The first kappa shape index (κ1) is 28.7. The standard InChI is InChI=1S/C15H14N4O2.C12H17BrN2O2S/c1-9-5-3-4-6-10(9)11-7-13-12(8-14(11)21-2)17-15(16)18-19(13)20;13-11-3-5-12(6-4-11)18(16,17)14-7-10-15-8-1-2-9-15/h3-8H,1-2H3,(H2,16,17,18);3-6,14H,1-2,7-10H2. The summed E-state index contributed by atoms with van der Waals surface area (Å²) in [5, 5.41) is 15.5. The van der Waals surface area contributed by atoms with Gasteiger partial charge in [-0.05, 0) is 73.1 Å². The number of nitrogens with zero attached hydrogens (tertiary/aromatic N) is 4. The Kier molecular flexibility index (Phi) is 9.33. The second-order valence-electron chi connectivity index (χ2n) is 9.10. The molecule has 0 saturated carbocycles. The number of aryl methyl sites for hydroxylation is 1. The van der Waals surface area contributed by atoms with Crippen molar-refractivity contribution in [1.82, 2.24) is 19.7 Å². The van der Waals surface area contributed by atoms with Crippen LogP contribution in [0.2, 0.25) is 0 Å². The van der Waals surface area contributed by atoms with Gasteiger partial charge in [0.25, 0.3) is 11.5 Å². The number of aromatic nitrogens is 3. The van der Waals surface area contributed by atoms with Gasteiger partial charge in [0, 0.05) is 35.3 Å². The number of halogens is 1. The van der Waals surface area contributed by atoms with Crippen LogP contribution in [-0.2, 0) is 10.0 Å².